The van der Waals surface area contributed by atoms with Gasteiger partial charge in [-0.2, -0.15) is 4.31 Å². The van der Waals surface area contributed by atoms with Crippen molar-refractivity contribution < 1.29 is 13.3 Å². The Bertz CT molecular complexity index is 902. The van der Waals surface area contributed by atoms with Crippen LogP contribution in [0.2, 0.25) is 0 Å². The van der Waals surface area contributed by atoms with E-state index >= 15 is 0 Å². The molecule has 0 unspecified atom stereocenters. The Labute approximate surface area is 145 Å². The highest BCUT2D eigenvalue weighted by molar-refractivity contribution is 7.89. The summed E-state index contributed by atoms with van der Waals surface area (Å²) < 4.78 is 26.4. The van der Waals surface area contributed by atoms with Gasteiger partial charge in [-0.05, 0) is 43.2 Å². The molecule has 130 valence electrons. The molecule has 0 spiro atoms. The number of nitrogens with zero attached hydrogens (tertiary/aromatic N) is 3. The van der Waals surface area contributed by atoms with Crippen LogP contribution in [-0.4, -0.2) is 37.0 Å². The van der Waals surface area contributed by atoms with Crippen molar-refractivity contribution in [1.82, 2.24) is 4.31 Å². The Kier molecular flexibility index (Phi) is 4.91. The Hall–Kier alpha value is -2.58. The largest absolute Gasteiger partial charge is 0.278 e. The monoisotopic (exact) mass is 359 g/mol. The average Bonchev–Trinajstić information content (AvgIpc) is 3.16. The zero-order valence-corrected chi connectivity index (χ0v) is 14.2. The molecule has 1 fully saturated rings. The lowest BCUT2D eigenvalue weighted by atomic mass is 10.2. The second kappa shape index (κ2) is 7.12. The first-order valence-corrected chi connectivity index (χ1v) is 9.30. The molecule has 0 aliphatic carbocycles. The minimum Gasteiger partial charge on any atom is -0.258 e. The van der Waals surface area contributed by atoms with Crippen LogP contribution in [0.3, 0.4) is 0 Å². The summed E-state index contributed by atoms with van der Waals surface area (Å²) in [5.74, 6) is 0. The zero-order chi connectivity index (χ0) is 17.9. The van der Waals surface area contributed by atoms with Crippen LogP contribution in [0.1, 0.15) is 18.4 Å². The molecular weight excluding hydrogens is 342 g/mol. The first kappa shape index (κ1) is 17.2. The SMILES string of the molecule is O=[N+]([O-])c1ccccc1C=Nc1ccc(S(=O)(=O)N2CCCC2)cc1. The Morgan fingerprint density at radius 2 is 1.68 bits per heavy atom. The molecule has 0 aromatic heterocycles. The quantitative estimate of drug-likeness (QED) is 0.466. The Balaban J connectivity index is 1.81. The van der Waals surface area contributed by atoms with Gasteiger partial charge in [-0.25, -0.2) is 8.42 Å². The third kappa shape index (κ3) is 3.75. The molecule has 1 saturated heterocycles. The van der Waals surface area contributed by atoms with Crippen LogP contribution < -0.4 is 0 Å². The molecule has 0 atom stereocenters. The van der Waals surface area contributed by atoms with E-state index in [2.05, 4.69) is 4.99 Å². The van der Waals surface area contributed by atoms with Crippen LogP contribution >= 0.6 is 0 Å². The lowest BCUT2D eigenvalue weighted by molar-refractivity contribution is -0.385. The minimum absolute atomic E-state index is 0.0283. The van der Waals surface area contributed by atoms with E-state index < -0.39 is 14.9 Å². The van der Waals surface area contributed by atoms with Crippen molar-refractivity contribution in [1.29, 1.82) is 0 Å². The standard InChI is InChI=1S/C17H17N3O4S/c21-20(22)17-6-2-1-5-14(17)13-18-15-7-9-16(10-8-15)25(23,24)19-11-3-4-12-19/h1-2,5-10,13H,3-4,11-12H2. The van der Waals surface area contributed by atoms with Crippen LogP contribution in [-0.2, 0) is 10.0 Å². The molecule has 2 aromatic carbocycles. The third-order valence-electron chi connectivity index (χ3n) is 4.03. The molecule has 2 aromatic rings. The maximum absolute atomic E-state index is 12.5. The summed E-state index contributed by atoms with van der Waals surface area (Å²) >= 11 is 0. The average molecular weight is 359 g/mol. The van der Waals surface area contributed by atoms with Crippen molar-refractivity contribution in [2.45, 2.75) is 17.7 Å². The number of nitro groups is 1. The Morgan fingerprint density at radius 1 is 1.04 bits per heavy atom. The predicted octanol–water partition coefficient (Wildman–Crippen LogP) is 3.13. The molecule has 0 saturated carbocycles. The van der Waals surface area contributed by atoms with Crippen molar-refractivity contribution in [3.05, 3.63) is 64.2 Å². The third-order valence-corrected chi connectivity index (χ3v) is 5.94. The summed E-state index contributed by atoms with van der Waals surface area (Å²) in [6.07, 6.45) is 3.18. The fourth-order valence-corrected chi connectivity index (χ4v) is 4.21. The molecule has 0 bridgehead atoms. The number of hydrogen-bond acceptors (Lipinski definition) is 5. The molecule has 8 heteroatoms. The molecule has 1 aliphatic heterocycles. The van der Waals surface area contributed by atoms with E-state index in [0.717, 1.165) is 12.8 Å². The van der Waals surface area contributed by atoms with E-state index in [-0.39, 0.29) is 10.6 Å². The highest BCUT2D eigenvalue weighted by Gasteiger charge is 2.26. The number of para-hydroxylation sites is 1. The maximum atomic E-state index is 12.5. The van der Waals surface area contributed by atoms with Gasteiger partial charge in [0.15, 0.2) is 0 Å². The van der Waals surface area contributed by atoms with Crippen LogP contribution in [0.15, 0.2) is 58.4 Å². The van der Waals surface area contributed by atoms with Gasteiger partial charge in [0.05, 0.1) is 21.1 Å². The smallest absolute Gasteiger partial charge is 0.258 e. The maximum Gasteiger partial charge on any atom is 0.278 e. The van der Waals surface area contributed by atoms with Gasteiger partial charge >= 0.3 is 0 Å². The molecule has 3 rings (SSSR count). The van der Waals surface area contributed by atoms with Crippen LogP contribution in [0, 0.1) is 10.1 Å². The number of rotatable bonds is 5. The van der Waals surface area contributed by atoms with Gasteiger partial charge in [-0.15, -0.1) is 0 Å². The number of aliphatic imine (C=N–C) groups is 1. The van der Waals surface area contributed by atoms with Crippen LogP contribution in [0.25, 0.3) is 0 Å². The molecule has 7 nitrogen and oxygen atoms in total. The van der Waals surface area contributed by atoms with Crippen LogP contribution in [0.5, 0.6) is 0 Å². The summed E-state index contributed by atoms with van der Waals surface area (Å²) in [4.78, 5) is 15.0. The first-order chi connectivity index (χ1) is 12.0. The summed E-state index contributed by atoms with van der Waals surface area (Å²) in [6.45, 7) is 1.11. The van der Waals surface area contributed by atoms with Gasteiger partial charge < -0.3 is 0 Å². The van der Waals surface area contributed by atoms with Crippen LogP contribution in [0.4, 0.5) is 11.4 Å². The van der Waals surface area contributed by atoms with E-state index in [1.807, 2.05) is 0 Å². The molecule has 1 aliphatic rings. The van der Waals surface area contributed by atoms with Gasteiger partial charge in [0.1, 0.15) is 0 Å². The number of hydrogen-bond donors (Lipinski definition) is 0. The topological polar surface area (TPSA) is 92.9 Å². The zero-order valence-electron chi connectivity index (χ0n) is 13.4. The van der Waals surface area contributed by atoms with E-state index in [1.165, 1.54) is 28.7 Å². The van der Waals surface area contributed by atoms with Crippen molar-refractivity contribution in [2.24, 2.45) is 4.99 Å². The number of benzene rings is 2. The highest BCUT2D eigenvalue weighted by atomic mass is 32.2. The molecular formula is C17H17N3O4S. The summed E-state index contributed by atoms with van der Waals surface area (Å²) in [6, 6.07) is 12.5. The highest BCUT2D eigenvalue weighted by Crippen LogP contribution is 2.23. The molecule has 25 heavy (non-hydrogen) atoms. The lowest BCUT2D eigenvalue weighted by Crippen LogP contribution is -2.27. The molecule has 1 heterocycles. The van der Waals surface area contributed by atoms with Gasteiger partial charge in [-0.3, -0.25) is 15.1 Å². The van der Waals surface area contributed by atoms with E-state index in [4.69, 9.17) is 0 Å². The van der Waals surface area contributed by atoms with E-state index in [9.17, 15) is 18.5 Å². The van der Waals surface area contributed by atoms with Crippen molar-refractivity contribution >= 4 is 27.6 Å². The molecule has 0 N–H and O–H groups in total. The number of nitro benzene ring substituents is 1. The second-order valence-electron chi connectivity index (χ2n) is 5.68. The first-order valence-electron chi connectivity index (χ1n) is 7.86. The van der Waals surface area contributed by atoms with Gasteiger partial charge in [0.25, 0.3) is 5.69 Å². The fourth-order valence-electron chi connectivity index (χ4n) is 2.69. The minimum atomic E-state index is -3.45. The summed E-state index contributed by atoms with van der Waals surface area (Å²) in [5.41, 5.74) is 0.888. The number of sulfonamides is 1. The van der Waals surface area contributed by atoms with Gasteiger partial charge in [0.2, 0.25) is 10.0 Å². The Morgan fingerprint density at radius 3 is 2.32 bits per heavy atom. The van der Waals surface area contributed by atoms with Crippen molar-refractivity contribution in [3.8, 4) is 0 Å². The summed E-state index contributed by atoms with van der Waals surface area (Å²) in [5, 5.41) is 11.0. The lowest BCUT2D eigenvalue weighted by Gasteiger charge is -2.15. The molecule has 0 amide bonds. The van der Waals surface area contributed by atoms with Crippen molar-refractivity contribution in [3.63, 3.8) is 0 Å². The van der Waals surface area contributed by atoms with E-state index in [1.54, 1.807) is 30.3 Å². The second-order valence-corrected chi connectivity index (χ2v) is 7.62. The summed E-state index contributed by atoms with van der Waals surface area (Å²) in [7, 11) is -3.45. The van der Waals surface area contributed by atoms with Gasteiger partial charge in [-0.1, -0.05) is 12.1 Å². The predicted molar refractivity (Wildman–Crippen MR) is 94.8 cm³/mol. The van der Waals surface area contributed by atoms with E-state index in [0.29, 0.717) is 24.3 Å². The van der Waals surface area contributed by atoms with Crippen molar-refractivity contribution in [2.75, 3.05) is 13.1 Å². The van der Waals surface area contributed by atoms with Gasteiger partial charge in [0, 0.05) is 25.4 Å². The molecule has 0 radical (unpaired) electrons. The fraction of sp³-hybridized carbons (Fsp3) is 0.235. The normalized spacial score (nSPS) is 15.7.